The Balaban J connectivity index is 2.81. The van der Waals surface area contributed by atoms with Gasteiger partial charge in [-0.3, -0.25) is 0 Å². The molecule has 0 radical (unpaired) electrons. The Morgan fingerprint density at radius 2 is 2.15 bits per heavy atom. The first-order valence-electron chi connectivity index (χ1n) is 4.90. The molecule has 1 rings (SSSR count). The fourth-order valence-corrected chi connectivity index (χ4v) is 1.25. The third-order valence-electron chi connectivity index (χ3n) is 2.15. The van der Waals surface area contributed by atoms with Crippen molar-refractivity contribution in [2.45, 2.75) is 46.1 Å². The SMILES string of the molecule is CCCc1nc([C@H](N)CC)oc1C. The van der Waals surface area contributed by atoms with Crippen LogP contribution in [0.2, 0.25) is 0 Å². The standard InChI is InChI=1S/C10H18N2O/c1-4-6-9-7(3)13-10(12-9)8(11)5-2/h8H,4-6,11H2,1-3H3/t8-/m1/s1. The number of hydrogen-bond donors (Lipinski definition) is 1. The average molecular weight is 182 g/mol. The highest BCUT2D eigenvalue weighted by atomic mass is 16.4. The largest absolute Gasteiger partial charge is 0.444 e. The van der Waals surface area contributed by atoms with Crippen LogP contribution in [0, 0.1) is 6.92 Å². The van der Waals surface area contributed by atoms with Crippen molar-refractivity contribution in [1.29, 1.82) is 0 Å². The van der Waals surface area contributed by atoms with E-state index in [2.05, 4.69) is 11.9 Å². The summed E-state index contributed by atoms with van der Waals surface area (Å²) in [7, 11) is 0. The summed E-state index contributed by atoms with van der Waals surface area (Å²) in [5.41, 5.74) is 6.87. The second-order valence-electron chi connectivity index (χ2n) is 3.32. The molecular formula is C10H18N2O. The molecule has 1 aromatic rings. The zero-order valence-corrected chi connectivity index (χ0v) is 8.63. The van der Waals surface area contributed by atoms with Gasteiger partial charge < -0.3 is 10.2 Å². The van der Waals surface area contributed by atoms with Gasteiger partial charge in [0.25, 0.3) is 0 Å². The Morgan fingerprint density at radius 3 is 2.69 bits per heavy atom. The second kappa shape index (κ2) is 4.42. The van der Waals surface area contributed by atoms with E-state index in [0.29, 0.717) is 5.89 Å². The van der Waals surface area contributed by atoms with Gasteiger partial charge in [0.2, 0.25) is 5.89 Å². The normalized spacial score (nSPS) is 13.2. The maximum atomic E-state index is 5.82. The molecule has 13 heavy (non-hydrogen) atoms. The quantitative estimate of drug-likeness (QED) is 0.777. The number of nitrogens with zero attached hydrogens (tertiary/aromatic N) is 1. The smallest absolute Gasteiger partial charge is 0.211 e. The molecule has 0 amide bonds. The van der Waals surface area contributed by atoms with Gasteiger partial charge in [-0.15, -0.1) is 0 Å². The number of aryl methyl sites for hydroxylation is 2. The number of aromatic nitrogens is 1. The van der Waals surface area contributed by atoms with Crippen LogP contribution >= 0.6 is 0 Å². The van der Waals surface area contributed by atoms with Crippen molar-refractivity contribution in [2.24, 2.45) is 5.73 Å². The minimum absolute atomic E-state index is 0.0516. The molecule has 2 N–H and O–H groups in total. The molecule has 74 valence electrons. The van der Waals surface area contributed by atoms with Gasteiger partial charge in [0.05, 0.1) is 11.7 Å². The van der Waals surface area contributed by atoms with Crippen LogP contribution in [0.3, 0.4) is 0 Å². The summed E-state index contributed by atoms with van der Waals surface area (Å²) in [5.74, 6) is 1.60. The van der Waals surface area contributed by atoms with E-state index in [4.69, 9.17) is 10.2 Å². The highest BCUT2D eigenvalue weighted by Crippen LogP contribution is 2.17. The average Bonchev–Trinajstić information content (AvgIpc) is 2.47. The van der Waals surface area contributed by atoms with Crippen molar-refractivity contribution in [3.8, 4) is 0 Å². The van der Waals surface area contributed by atoms with E-state index in [-0.39, 0.29) is 6.04 Å². The van der Waals surface area contributed by atoms with E-state index in [1.807, 2.05) is 13.8 Å². The first-order chi connectivity index (χ1) is 6.19. The van der Waals surface area contributed by atoms with E-state index < -0.39 is 0 Å². The molecule has 0 saturated carbocycles. The lowest BCUT2D eigenvalue weighted by atomic mass is 10.2. The lowest BCUT2D eigenvalue weighted by Crippen LogP contribution is -2.08. The van der Waals surface area contributed by atoms with Gasteiger partial charge in [0, 0.05) is 0 Å². The van der Waals surface area contributed by atoms with Crippen LogP contribution in [0.15, 0.2) is 4.42 Å². The van der Waals surface area contributed by atoms with Crippen LogP contribution in [-0.4, -0.2) is 4.98 Å². The summed E-state index contributed by atoms with van der Waals surface area (Å²) in [6.45, 7) is 6.11. The third kappa shape index (κ3) is 2.31. The molecule has 3 nitrogen and oxygen atoms in total. The second-order valence-corrected chi connectivity index (χ2v) is 3.32. The van der Waals surface area contributed by atoms with E-state index in [1.165, 1.54) is 0 Å². The van der Waals surface area contributed by atoms with Crippen molar-refractivity contribution in [3.63, 3.8) is 0 Å². The van der Waals surface area contributed by atoms with Crippen LogP contribution in [0.4, 0.5) is 0 Å². The van der Waals surface area contributed by atoms with Crippen LogP contribution < -0.4 is 5.73 Å². The lowest BCUT2D eigenvalue weighted by Gasteiger charge is -2.00. The molecule has 1 heterocycles. The first kappa shape index (κ1) is 10.3. The summed E-state index contributed by atoms with van der Waals surface area (Å²) in [5, 5.41) is 0. The molecule has 1 aromatic heterocycles. The van der Waals surface area contributed by atoms with Gasteiger partial charge in [0.15, 0.2) is 0 Å². The number of hydrogen-bond acceptors (Lipinski definition) is 3. The minimum Gasteiger partial charge on any atom is -0.444 e. The van der Waals surface area contributed by atoms with Gasteiger partial charge in [-0.25, -0.2) is 4.98 Å². The molecule has 0 unspecified atom stereocenters. The molecule has 0 saturated heterocycles. The van der Waals surface area contributed by atoms with Crippen LogP contribution in [-0.2, 0) is 6.42 Å². The van der Waals surface area contributed by atoms with Crippen molar-refractivity contribution >= 4 is 0 Å². The number of rotatable bonds is 4. The maximum Gasteiger partial charge on any atom is 0.211 e. The fourth-order valence-electron chi connectivity index (χ4n) is 1.25. The number of oxazole rings is 1. The molecule has 0 aromatic carbocycles. The highest BCUT2D eigenvalue weighted by molar-refractivity contribution is 5.09. The van der Waals surface area contributed by atoms with Crippen molar-refractivity contribution in [3.05, 3.63) is 17.3 Å². The summed E-state index contributed by atoms with van der Waals surface area (Å²) < 4.78 is 5.48. The van der Waals surface area contributed by atoms with Crippen molar-refractivity contribution in [1.82, 2.24) is 4.98 Å². The maximum absolute atomic E-state index is 5.82. The van der Waals surface area contributed by atoms with Gasteiger partial charge >= 0.3 is 0 Å². The Hall–Kier alpha value is -0.830. The number of nitrogens with two attached hydrogens (primary N) is 1. The van der Waals surface area contributed by atoms with E-state index in [1.54, 1.807) is 0 Å². The fraction of sp³-hybridized carbons (Fsp3) is 0.700. The Kier molecular flexibility index (Phi) is 3.48. The Morgan fingerprint density at radius 1 is 1.46 bits per heavy atom. The monoisotopic (exact) mass is 182 g/mol. The topological polar surface area (TPSA) is 52.0 Å². The zero-order chi connectivity index (χ0) is 9.84. The van der Waals surface area contributed by atoms with Crippen LogP contribution in [0.5, 0.6) is 0 Å². The molecule has 1 atom stereocenters. The molecule has 0 spiro atoms. The Bertz CT molecular complexity index is 268. The Labute approximate surface area is 79.3 Å². The molecule has 0 bridgehead atoms. The van der Waals surface area contributed by atoms with E-state index in [9.17, 15) is 0 Å². The third-order valence-corrected chi connectivity index (χ3v) is 2.15. The molecule has 0 fully saturated rings. The summed E-state index contributed by atoms with van der Waals surface area (Å²) >= 11 is 0. The van der Waals surface area contributed by atoms with Gasteiger partial charge in [-0.05, 0) is 19.8 Å². The van der Waals surface area contributed by atoms with Gasteiger partial charge in [-0.1, -0.05) is 20.3 Å². The van der Waals surface area contributed by atoms with Crippen molar-refractivity contribution in [2.75, 3.05) is 0 Å². The lowest BCUT2D eigenvalue weighted by molar-refractivity contribution is 0.427. The van der Waals surface area contributed by atoms with Crippen molar-refractivity contribution < 1.29 is 4.42 Å². The van der Waals surface area contributed by atoms with Crippen LogP contribution in [0.1, 0.15) is 50.1 Å². The minimum atomic E-state index is -0.0516. The molecular weight excluding hydrogens is 164 g/mol. The predicted molar refractivity (Wildman–Crippen MR) is 52.5 cm³/mol. The van der Waals surface area contributed by atoms with E-state index in [0.717, 1.165) is 30.7 Å². The predicted octanol–water partition coefficient (Wildman–Crippen LogP) is 2.35. The van der Waals surface area contributed by atoms with E-state index >= 15 is 0 Å². The molecule has 0 aliphatic carbocycles. The first-order valence-corrected chi connectivity index (χ1v) is 4.90. The summed E-state index contributed by atoms with van der Waals surface area (Å²) in [4.78, 5) is 4.38. The molecule has 0 aliphatic heterocycles. The summed E-state index contributed by atoms with van der Waals surface area (Å²) in [6, 6.07) is -0.0516. The van der Waals surface area contributed by atoms with Gasteiger partial charge in [-0.2, -0.15) is 0 Å². The molecule has 0 aliphatic rings. The summed E-state index contributed by atoms with van der Waals surface area (Å²) in [6.07, 6.45) is 2.94. The van der Waals surface area contributed by atoms with Crippen LogP contribution in [0.25, 0.3) is 0 Å². The zero-order valence-electron chi connectivity index (χ0n) is 8.63. The molecule has 3 heteroatoms. The van der Waals surface area contributed by atoms with Gasteiger partial charge in [0.1, 0.15) is 5.76 Å². The highest BCUT2D eigenvalue weighted by Gasteiger charge is 2.13.